The highest BCUT2D eigenvalue weighted by Crippen LogP contribution is 2.28. The van der Waals surface area contributed by atoms with E-state index in [-0.39, 0.29) is 0 Å². The van der Waals surface area contributed by atoms with E-state index in [0.717, 1.165) is 54.5 Å². The molecule has 4 aromatic rings. The van der Waals surface area contributed by atoms with Crippen molar-refractivity contribution in [1.29, 1.82) is 0 Å². The van der Waals surface area contributed by atoms with Crippen LogP contribution < -0.4 is 5.73 Å². The minimum Gasteiger partial charge on any atom is -0.399 e. The summed E-state index contributed by atoms with van der Waals surface area (Å²) in [5, 5.41) is 9.50. The molecular formula is C21H20N6S. The predicted octanol–water partition coefficient (Wildman–Crippen LogP) is 3.74. The van der Waals surface area contributed by atoms with Crippen LogP contribution in [0.25, 0.3) is 22.0 Å². The molecule has 0 fully saturated rings. The fraction of sp³-hybridized carbons (Fsp3) is 0.190. The van der Waals surface area contributed by atoms with Gasteiger partial charge >= 0.3 is 0 Å². The number of benzene rings is 1. The molecule has 6 nitrogen and oxygen atoms in total. The summed E-state index contributed by atoms with van der Waals surface area (Å²) in [5.74, 6) is 0.766. The van der Waals surface area contributed by atoms with Crippen molar-refractivity contribution in [1.82, 2.24) is 25.1 Å². The number of hydrogen-bond donors (Lipinski definition) is 2. The fourth-order valence-electron chi connectivity index (χ4n) is 3.59. The van der Waals surface area contributed by atoms with Gasteiger partial charge in [-0.1, -0.05) is 6.07 Å². The summed E-state index contributed by atoms with van der Waals surface area (Å²) in [6.45, 7) is 2.69. The van der Waals surface area contributed by atoms with Gasteiger partial charge in [-0.25, -0.2) is 9.97 Å². The van der Waals surface area contributed by atoms with Gasteiger partial charge < -0.3 is 5.73 Å². The Labute approximate surface area is 167 Å². The molecule has 140 valence electrons. The largest absolute Gasteiger partial charge is 0.399 e. The second kappa shape index (κ2) is 7.18. The number of nitrogen functional groups attached to an aromatic ring is 1. The van der Waals surface area contributed by atoms with E-state index in [1.54, 1.807) is 11.3 Å². The molecule has 0 saturated heterocycles. The van der Waals surface area contributed by atoms with Gasteiger partial charge in [0.1, 0.15) is 0 Å². The Morgan fingerprint density at radius 2 is 2.04 bits per heavy atom. The Hall–Kier alpha value is -3.03. The highest BCUT2D eigenvalue weighted by atomic mass is 32.1. The van der Waals surface area contributed by atoms with Gasteiger partial charge in [0.2, 0.25) is 0 Å². The van der Waals surface area contributed by atoms with E-state index in [2.05, 4.69) is 37.6 Å². The van der Waals surface area contributed by atoms with Gasteiger partial charge in [-0.3, -0.25) is 10.00 Å². The summed E-state index contributed by atoms with van der Waals surface area (Å²) in [6, 6.07) is 11.9. The zero-order valence-corrected chi connectivity index (χ0v) is 16.1. The van der Waals surface area contributed by atoms with Crippen LogP contribution in [0.2, 0.25) is 0 Å². The first kappa shape index (κ1) is 17.1. The van der Waals surface area contributed by atoms with E-state index in [9.17, 15) is 0 Å². The van der Waals surface area contributed by atoms with Crippen LogP contribution in [0, 0.1) is 0 Å². The van der Waals surface area contributed by atoms with Crippen LogP contribution in [-0.4, -0.2) is 31.6 Å². The minimum absolute atomic E-state index is 0.749. The second-order valence-electron chi connectivity index (χ2n) is 7.00. The van der Waals surface area contributed by atoms with Crippen LogP contribution in [-0.2, 0) is 19.5 Å². The Morgan fingerprint density at radius 3 is 2.86 bits per heavy atom. The lowest BCUT2D eigenvalue weighted by molar-refractivity contribution is 0.243. The molecule has 1 aliphatic heterocycles. The smallest absolute Gasteiger partial charge is 0.159 e. The van der Waals surface area contributed by atoms with E-state index in [0.29, 0.717) is 0 Å². The quantitative estimate of drug-likeness (QED) is 0.521. The SMILES string of the molecule is Nc1ccc(-c2ncc3c(n2)CCN(Cc2cn[nH]c2-c2cccs2)C3)cc1. The van der Waals surface area contributed by atoms with Gasteiger partial charge in [-0.2, -0.15) is 5.10 Å². The zero-order valence-electron chi connectivity index (χ0n) is 15.3. The van der Waals surface area contributed by atoms with Crippen molar-refractivity contribution in [2.45, 2.75) is 19.5 Å². The normalized spacial score (nSPS) is 14.1. The van der Waals surface area contributed by atoms with Crippen molar-refractivity contribution in [2.24, 2.45) is 0 Å². The number of thiophene rings is 1. The number of rotatable bonds is 4. The molecule has 0 amide bonds. The van der Waals surface area contributed by atoms with Crippen LogP contribution in [0.3, 0.4) is 0 Å². The standard InChI is InChI=1S/C21H20N6S/c22-17-5-3-14(4-6-17)21-23-10-15-12-27(8-7-18(15)25-21)13-16-11-24-26-20(16)19-2-1-9-28-19/h1-6,9-11H,7-8,12-13,22H2,(H,24,26). The van der Waals surface area contributed by atoms with E-state index in [1.165, 1.54) is 16.0 Å². The molecule has 5 rings (SSSR count). The molecule has 0 atom stereocenters. The van der Waals surface area contributed by atoms with Crippen LogP contribution >= 0.6 is 11.3 Å². The third-order valence-electron chi connectivity index (χ3n) is 5.06. The summed E-state index contributed by atoms with van der Waals surface area (Å²) in [6.07, 6.45) is 4.83. The lowest BCUT2D eigenvalue weighted by Gasteiger charge is -2.28. The molecule has 0 aliphatic carbocycles. The fourth-order valence-corrected chi connectivity index (χ4v) is 4.34. The van der Waals surface area contributed by atoms with Gasteiger partial charge in [0.15, 0.2) is 5.82 Å². The van der Waals surface area contributed by atoms with Crippen molar-refractivity contribution in [3.05, 3.63) is 71.0 Å². The average Bonchev–Trinajstić information content (AvgIpc) is 3.40. The molecule has 3 N–H and O–H groups in total. The van der Waals surface area contributed by atoms with Crippen molar-refractivity contribution in [3.63, 3.8) is 0 Å². The zero-order chi connectivity index (χ0) is 18.9. The highest BCUT2D eigenvalue weighted by Gasteiger charge is 2.20. The Balaban J connectivity index is 1.34. The highest BCUT2D eigenvalue weighted by molar-refractivity contribution is 7.13. The van der Waals surface area contributed by atoms with Crippen molar-refractivity contribution < 1.29 is 0 Å². The maximum atomic E-state index is 5.78. The Kier molecular flexibility index (Phi) is 4.38. The summed E-state index contributed by atoms with van der Waals surface area (Å²) in [5.41, 5.74) is 12.2. The minimum atomic E-state index is 0.749. The number of anilines is 1. The summed E-state index contributed by atoms with van der Waals surface area (Å²) in [4.78, 5) is 13.0. The maximum absolute atomic E-state index is 5.78. The third-order valence-corrected chi connectivity index (χ3v) is 5.95. The molecule has 0 spiro atoms. The molecule has 1 aromatic carbocycles. The molecule has 28 heavy (non-hydrogen) atoms. The summed E-state index contributed by atoms with van der Waals surface area (Å²) >= 11 is 1.73. The van der Waals surface area contributed by atoms with Gasteiger partial charge in [-0.05, 0) is 35.7 Å². The molecule has 0 saturated carbocycles. The third kappa shape index (κ3) is 3.30. The van der Waals surface area contributed by atoms with Crippen LogP contribution in [0.1, 0.15) is 16.8 Å². The van der Waals surface area contributed by atoms with Crippen LogP contribution in [0.15, 0.2) is 54.2 Å². The Morgan fingerprint density at radius 1 is 1.14 bits per heavy atom. The number of hydrogen-bond acceptors (Lipinski definition) is 6. The molecular weight excluding hydrogens is 368 g/mol. The lowest BCUT2D eigenvalue weighted by atomic mass is 10.1. The van der Waals surface area contributed by atoms with Crippen molar-refractivity contribution >= 4 is 17.0 Å². The molecule has 4 heterocycles. The number of H-pyrrole nitrogens is 1. The monoisotopic (exact) mass is 388 g/mol. The van der Waals surface area contributed by atoms with Gasteiger partial charge in [0, 0.05) is 54.6 Å². The number of aromatic amines is 1. The molecule has 0 unspecified atom stereocenters. The molecule has 0 radical (unpaired) electrons. The van der Waals surface area contributed by atoms with E-state index < -0.39 is 0 Å². The van der Waals surface area contributed by atoms with Gasteiger partial charge in [0.05, 0.1) is 22.5 Å². The number of nitrogens with zero attached hydrogens (tertiary/aromatic N) is 4. The summed E-state index contributed by atoms with van der Waals surface area (Å²) < 4.78 is 0. The summed E-state index contributed by atoms with van der Waals surface area (Å²) in [7, 11) is 0. The number of aromatic nitrogens is 4. The first-order valence-corrected chi connectivity index (χ1v) is 10.1. The van der Waals surface area contributed by atoms with Gasteiger partial charge in [-0.15, -0.1) is 11.3 Å². The van der Waals surface area contributed by atoms with Crippen LogP contribution in [0.4, 0.5) is 5.69 Å². The molecule has 0 bridgehead atoms. The van der Waals surface area contributed by atoms with E-state index in [1.807, 2.05) is 36.7 Å². The predicted molar refractivity (Wildman–Crippen MR) is 112 cm³/mol. The van der Waals surface area contributed by atoms with E-state index >= 15 is 0 Å². The average molecular weight is 389 g/mol. The van der Waals surface area contributed by atoms with E-state index in [4.69, 9.17) is 10.7 Å². The van der Waals surface area contributed by atoms with Crippen molar-refractivity contribution in [2.75, 3.05) is 12.3 Å². The van der Waals surface area contributed by atoms with Gasteiger partial charge in [0.25, 0.3) is 0 Å². The topological polar surface area (TPSA) is 83.7 Å². The maximum Gasteiger partial charge on any atom is 0.159 e. The number of nitrogens with one attached hydrogen (secondary N) is 1. The lowest BCUT2D eigenvalue weighted by Crippen LogP contribution is -2.31. The second-order valence-corrected chi connectivity index (χ2v) is 7.94. The first-order valence-electron chi connectivity index (χ1n) is 9.25. The first-order chi connectivity index (χ1) is 13.8. The Bertz CT molecular complexity index is 1080. The van der Waals surface area contributed by atoms with Crippen molar-refractivity contribution in [3.8, 4) is 22.0 Å². The molecule has 1 aliphatic rings. The number of fused-ring (bicyclic) bond motifs is 1. The molecule has 3 aromatic heterocycles. The number of nitrogens with two attached hydrogens (primary N) is 1. The molecule has 7 heteroatoms. The van der Waals surface area contributed by atoms with Crippen LogP contribution in [0.5, 0.6) is 0 Å².